The van der Waals surface area contributed by atoms with Crippen molar-refractivity contribution < 1.29 is 18.3 Å². The first-order valence-corrected chi connectivity index (χ1v) is 5.21. The van der Waals surface area contributed by atoms with Gasteiger partial charge in [0.05, 0.1) is 0 Å². The molecular weight excluding hydrogens is 214 g/mol. The zero-order valence-electron chi connectivity index (χ0n) is 9.08. The molecule has 1 aromatic rings. The van der Waals surface area contributed by atoms with E-state index < -0.39 is 18.3 Å². The van der Waals surface area contributed by atoms with Gasteiger partial charge in [0.1, 0.15) is 5.75 Å². The van der Waals surface area contributed by atoms with Gasteiger partial charge in [0.25, 0.3) is 0 Å². The number of hydrogen-bond acceptors (Lipinski definition) is 2. The SMILES string of the molecule is CCCCC(F)(F)C(=O)Oc1ccccc1. The second-order valence-electron chi connectivity index (χ2n) is 3.51. The first-order chi connectivity index (χ1) is 7.56. The zero-order chi connectivity index (χ0) is 12.0. The molecule has 1 rings (SSSR count). The van der Waals surface area contributed by atoms with Crippen LogP contribution < -0.4 is 4.74 Å². The molecule has 0 aliphatic carbocycles. The zero-order valence-corrected chi connectivity index (χ0v) is 9.08. The molecule has 0 heterocycles. The van der Waals surface area contributed by atoms with Gasteiger partial charge in [0.15, 0.2) is 0 Å². The Morgan fingerprint density at radius 2 is 1.94 bits per heavy atom. The molecule has 88 valence electrons. The van der Waals surface area contributed by atoms with E-state index in [1.54, 1.807) is 25.1 Å². The van der Waals surface area contributed by atoms with Gasteiger partial charge in [0, 0.05) is 6.42 Å². The average molecular weight is 228 g/mol. The minimum atomic E-state index is -3.40. The van der Waals surface area contributed by atoms with Crippen molar-refractivity contribution in [2.24, 2.45) is 0 Å². The van der Waals surface area contributed by atoms with Crippen LogP contribution in [-0.4, -0.2) is 11.9 Å². The summed E-state index contributed by atoms with van der Waals surface area (Å²) in [6, 6.07) is 7.88. The summed E-state index contributed by atoms with van der Waals surface area (Å²) in [5, 5.41) is 0. The largest absolute Gasteiger partial charge is 0.422 e. The second-order valence-corrected chi connectivity index (χ2v) is 3.51. The Kier molecular flexibility index (Phi) is 4.40. The Hall–Kier alpha value is -1.45. The summed E-state index contributed by atoms with van der Waals surface area (Å²) in [5.41, 5.74) is 0. The molecule has 0 amide bonds. The van der Waals surface area contributed by atoms with Crippen LogP contribution >= 0.6 is 0 Å². The first-order valence-electron chi connectivity index (χ1n) is 5.21. The third-order valence-electron chi connectivity index (χ3n) is 2.10. The van der Waals surface area contributed by atoms with E-state index in [1.807, 2.05) is 0 Å². The monoisotopic (exact) mass is 228 g/mol. The number of ether oxygens (including phenoxy) is 1. The van der Waals surface area contributed by atoms with E-state index in [0.29, 0.717) is 12.8 Å². The lowest BCUT2D eigenvalue weighted by atomic mass is 10.1. The summed E-state index contributed by atoms with van der Waals surface area (Å²) in [6.07, 6.45) is 0.459. The third kappa shape index (κ3) is 3.61. The van der Waals surface area contributed by atoms with E-state index in [4.69, 9.17) is 0 Å². The fourth-order valence-electron chi connectivity index (χ4n) is 1.17. The van der Waals surface area contributed by atoms with Crippen LogP contribution in [0.25, 0.3) is 0 Å². The standard InChI is InChI=1S/C12H14F2O2/c1-2-3-9-12(13,14)11(15)16-10-7-5-4-6-8-10/h4-8H,2-3,9H2,1H3. The summed E-state index contributed by atoms with van der Waals surface area (Å²) >= 11 is 0. The molecule has 0 bridgehead atoms. The van der Waals surface area contributed by atoms with Crippen molar-refractivity contribution >= 4 is 5.97 Å². The summed E-state index contributed by atoms with van der Waals surface area (Å²) < 4.78 is 31.0. The molecule has 0 N–H and O–H groups in total. The lowest BCUT2D eigenvalue weighted by Crippen LogP contribution is -2.32. The molecule has 0 aromatic heterocycles. The molecule has 0 saturated heterocycles. The highest BCUT2D eigenvalue weighted by atomic mass is 19.3. The number of unbranched alkanes of at least 4 members (excludes halogenated alkanes) is 1. The van der Waals surface area contributed by atoms with Crippen molar-refractivity contribution in [3.63, 3.8) is 0 Å². The number of benzene rings is 1. The van der Waals surface area contributed by atoms with Crippen LogP contribution in [-0.2, 0) is 4.79 Å². The second kappa shape index (κ2) is 5.58. The van der Waals surface area contributed by atoms with E-state index >= 15 is 0 Å². The third-order valence-corrected chi connectivity index (χ3v) is 2.10. The molecule has 16 heavy (non-hydrogen) atoms. The van der Waals surface area contributed by atoms with Crippen LogP contribution in [0.15, 0.2) is 30.3 Å². The van der Waals surface area contributed by atoms with E-state index in [0.717, 1.165) is 0 Å². The van der Waals surface area contributed by atoms with Crippen molar-refractivity contribution in [3.8, 4) is 5.75 Å². The number of para-hydroxylation sites is 1. The quantitative estimate of drug-likeness (QED) is 0.570. The van der Waals surface area contributed by atoms with Crippen LogP contribution in [0, 0.1) is 0 Å². The average Bonchev–Trinajstić information content (AvgIpc) is 2.28. The highest BCUT2D eigenvalue weighted by Gasteiger charge is 2.40. The smallest absolute Gasteiger partial charge is 0.382 e. The van der Waals surface area contributed by atoms with Gasteiger partial charge >= 0.3 is 11.9 Å². The first kappa shape index (κ1) is 12.6. The van der Waals surface area contributed by atoms with E-state index in [1.165, 1.54) is 12.1 Å². The summed E-state index contributed by atoms with van der Waals surface area (Å²) in [4.78, 5) is 11.2. The van der Waals surface area contributed by atoms with E-state index in [-0.39, 0.29) is 5.75 Å². The van der Waals surface area contributed by atoms with E-state index in [2.05, 4.69) is 4.74 Å². The fraction of sp³-hybridized carbons (Fsp3) is 0.417. The normalized spacial score (nSPS) is 11.2. The molecule has 0 atom stereocenters. The number of rotatable bonds is 5. The van der Waals surface area contributed by atoms with Crippen LogP contribution in [0.3, 0.4) is 0 Å². The molecular formula is C12H14F2O2. The predicted molar refractivity (Wildman–Crippen MR) is 56.5 cm³/mol. The van der Waals surface area contributed by atoms with Gasteiger partial charge in [-0.05, 0) is 18.6 Å². The van der Waals surface area contributed by atoms with Crippen molar-refractivity contribution in [2.75, 3.05) is 0 Å². The van der Waals surface area contributed by atoms with Crippen LogP contribution in [0.1, 0.15) is 26.2 Å². The maximum absolute atomic E-state index is 13.2. The number of esters is 1. The predicted octanol–water partition coefficient (Wildman–Crippen LogP) is 3.42. The van der Waals surface area contributed by atoms with Gasteiger partial charge < -0.3 is 4.74 Å². The van der Waals surface area contributed by atoms with Crippen LogP contribution in [0.2, 0.25) is 0 Å². The Labute approximate surface area is 93.2 Å². The molecule has 0 unspecified atom stereocenters. The highest BCUT2D eigenvalue weighted by Crippen LogP contribution is 2.24. The summed E-state index contributed by atoms with van der Waals surface area (Å²) in [7, 11) is 0. The molecule has 4 heteroatoms. The lowest BCUT2D eigenvalue weighted by Gasteiger charge is -2.14. The molecule has 0 saturated carbocycles. The lowest BCUT2D eigenvalue weighted by molar-refractivity contribution is -0.162. The minimum Gasteiger partial charge on any atom is -0.422 e. The fourth-order valence-corrected chi connectivity index (χ4v) is 1.17. The van der Waals surface area contributed by atoms with Crippen molar-refractivity contribution in [1.29, 1.82) is 0 Å². The van der Waals surface area contributed by atoms with Gasteiger partial charge in [-0.1, -0.05) is 31.5 Å². The Morgan fingerprint density at radius 1 is 1.31 bits per heavy atom. The van der Waals surface area contributed by atoms with Crippen LogP contribution in [0.4, 0.5) is 8.78 Å². The summed E-state index contributed by atoms with van der Waals surface area (Å²) in [5.74, 6) is -4.73. The number of alkyl halides is 2. The number of carbonyl (C=O) groups is 1. The molecule has 0 aliphatic heterocycles. The topological polar surface area (TPSA) is 26.3 Å². The van der Waals surface area contributed by atoms with Crippen molar-refractivity contribution in [3.05, 3.63) is 30.3 Å². The van der Waals surface area contributed by atoms with Gasteiger partial charge in [-0.3, -0.25) is 0 Å². The molecule has 0 fully saturated rings. The molecule has 0 aliphatic rings. The van der Waals surface area contributed by atoms with E-state index in [9.17, 15) is 13.6 Å². The molecule has 2 nitrogen and oxygen atoms in total. The van der Waals surface area contributed by atoms with Crippen LogP contribution in [0.5, 0.6) is 5.75 Å². The van der Waals surface area contributed by atoms with Gasteiger partial charge in [0.2, 0.25) is 0 Å². The van der Waals surface area contributed by atoms with Gasteiger partial charge in [-0.15, -0.1) is 0 Å². The van der Waals surface area contributed by atoms with Gasteiger partial charge in [-0.25, -0.2) is 4.79 Å². The maximum Gasteiger partial charge on any atom is 0.382 e. The van der Waals surface area contributed by atoms with Gasteiger partial charge in [-0.2, -0.15) is 8.78 Å². The number of hydrogen-bond donors (Lipinski definition) is 0. The Morgan fingerprint density at radius 3 is 2.50 bits per heavy atom. The molecule has 0 radical (unpaired) electrons. The number of carbonyl (C=O) groups excluding carboxylic acids is 1. The van der Waals surface area contributed by atoms with Crippen molar-refractivity contribution in [2.45, 2.75) is 32.1 Å². The molecule has 1 aromatic carbocycles. The van der Waals surface area contributed by atoms with Crippen molar-refractivity contribution in [1.82, 2.24) is 0 Å². The Balaban J connectivity index is 2.58. The molecule has 0 spiro atoms. The number of halogens is 2. The minimum absolute atomic E-state index is 0.142. The Bertz CT molecular complexity index is 336. The summed E-state index contributed by atoms with van der Waals surface area (Å²) in [6.45, 7) is 1.79. The maximum atomic E-state index is 13.2. The highest BCUT2D eigenvalue weighted by molar-refractivity contribution is 5.79.